The highest BCUT2D eigenvalue weighted by atomic mass is 19.1. The molecule has 0 aliphatic heterocycles. The average Bonchev–Trinajstić information content (AvgIpc) is 3.30. The van der Waals surface area contributed by atoms with Gasteiger partial charge in [0, 0.05) is 23.4 Å². The Hall–Kier alpha value is -4.53. The van der Waals surface area contributed by atoms with Gasteiger partial charge in [-0.25, -0.2) is 18.3 Å². The van der Waals surface area contributed by atoms with Crippen molar-refractivity contribution in [2.45, 2.75) is 13.8 Å². The standard InChI is InChI=1S/C27H23F2N3O4/c1-4-36-27(34)23-15-24(32(31-23)19-10-5-7-16(2)11-19)17-8-6-9-18(12-17)30-26(33)25-21(28)13-20(35-3)14-22(25)29/h5-15H,4H2,1-3H3,(H,30,33). The summed E-state index contributed by atoms with van der Waals surface area (Å²) in [5, 5.41) is 6.96. The molecule has 184 valence electrons. The normalized spacial score (nSPS) is 10.7. The molecule has 0 saturated heterocycles. The third kappa shape index (κ3) is 5.10. The minimum atomic E-state index is -1.04. The van der Waals surface area contributed by atoms with Crippen LogP contribution in [0, 0.1) is 18.6 Å². The van der Waals surface area contributed by atoms with Crippen LogP contribution in [0.25, 0.3) is 16.9 Å². The number of esters is 1. The quantitative estimate of drug-likeness (QED) is 0.342. The van der Waals surface area contributed by atoms with Gasteiger partial charge in [-0.3, -0.25) is 4.79 Å². The van der Waals surface area contributed by atoms with E-state index < -0.39 is 29.1 Å². The van der Waals surface area contributed by atoms with Crippen LogP contribution in [0.2, 0.25) is 0 Å². The van der Waals surface area contributed by atoms with Crippen molar-refractivity contribution < 1.29 is 27.8 Å². The lowest BCUT2D eigenvalue weighted by Gasteiger charge is -2.11. The van der Waals surface area contributed by atoms with E-state index in [1.165, 1.54) is 7.11 Å². The van der Waals surface area contributed by atoms with Gasteiger partial charge in [-0.2, -0.15) is 5.10 Å². The first-order valence-corrected chi connectivity index (χ1v) is 11.1. The van der Waals surface area contributed by atoms with Crippen LogP contribution in [0.5, 0.6) is 5.75 Å². The number of hydrogen-bond donors (Lipinski definition) is 1. The van der Waals surface area contributed by atoms with Gasteiger partial charge < -0.3 is 14.8 Å². The molecule has 4 aromatic rings. The predicted molar refractivity (Wildman–Crippen MR) is 131 cm³/mol. The smallest absolute Gasteiger partial charge is 0.358 e. The summed E-state index contributed by atoms with van der Waals surface area (Å²) in [6.07, 6.45) is 0. The maximum Gasteiger partial charge on any atom is 0.358 e. The van der Waals surface area contributed by atoms with Crippen LogP contribution >= 0.6 is 0 Å². The molecule has 36 heavy (non-hydrogen) atoms. The highest BCUT2D eigenvalue weighted by Gasteiger charge is 2.21. The van der Waals surface area contributed by atoms with E-state index in [2.05, 4.69) is 10.4 Å². The Morgan fingerprint density at radius 3 is 2.39 bits per heavy atom. The third-order valence-electron chi connectivity index (χ3n) is 5.33. The second-order valence-electron chi connectivity index (χ2n) is 7.89. The van der Waals surface area contributed by atoms with E-state index in [9.17, 15) is 18.4 Å². The number of halogens is 2. The SMILES string of the molecule is CCOC(=O)c1cc(-c2cccc(NC(=O)c3c(F)cc(OC)cc3F)c2)n(-c2cccc(C)c2)n1. The van der Waals surface area contributed by atoms with E-state index in [0.717, 1.165) is 23.4 Å². The van der Waals surface area contributed by atoms with E-state index in [4.69, 9.17) is 9.47 Å². The maximum atomic E-state index is 14.4. The van der Waals surface area contributed by atoms with E-state index in [1.54, 1.807) is 41.9 Å². The number of nitrogens with one attached hydrogen (secondary N) is 1. The molecule has 1 N–H and O–H groups in total. The highest BCUT2D eigenvalue weighted by molar-refractivity contribution is 6.05. The number of methoxy groups -OCH3 is 1. The van der Waals surface area contributed by atoms with E-state index in [1.807, 2.05) is 31.2 Å². The molecule has 4 rings (SSSR count). The lowest BCUT2D eigenvalue weighted by Crippen LogP contribution is -2.16. The molecule has 0 atom stereocenters. The summed E-state index contributed by atoms with van der Waals surface area (Å²) in [6.45, 7) is 3.84. The van der Waals surface area contributed by atoms with Crippen LogP contribution in [0.4, 0.5) is 14.5 Å². The number of rotatable bonds is 7. The summed E-state index contributed by atoms with van der Waals surface area (Å²) >= 11 is 0. The number of nitrogens with zero attached hydrogens (tertiary/aromatic N) is 2. The van der Waals surface area contributed by atoms with Gasteiger partial charge in [0.25, 0.3) is 5.91 Å². The third-order valence-corrected chi connectivity index (χ3v) is 5.33. The zero-order chi connectivity index (χ0) is 25.8. The summed E-state index contributed by atoms with van der Waals surface area (Å²) in [4.78, 5) is 25.1. The number of aryl methyl sites for hydroxylation is 1. The van der Waals surface area contributed by atoms with Gasteiger partial charge >= 0.3 is 5.97 Å². The number of hydrogen-bond acceptors (Lipinski definition) is 5. The molecule has 0 spiro atoms. The molecule has 0 aliphatic carbocycles. The number of carbonyl (C=O) groups excluding carboxylic acids is 2. The molecule has 0 saturated carbocycles. The van der Waals surface area contributed by atoms with Crippen molar-refractivity contribution in [3.05, 3.63) is 95.2 Å². The number of benzene rings is 3. The fourth-order valence-electron chi connectivity index (χ4n) is 3.68. The Morgan fingerprint density at radius 1 is 1.00 bits per heavy atom. The average molecular weight is 491 g/mol. The number of carbonyl (C=O) groups is 2. The Labute approximate surface area is 206 Å². The fourth-order valence-corrected chi connectivity index (χ4v) is 3.68. The largest absolute Gasteiger partial charge is 0.497 e. The van der Waals surface area contributed by atoms with Gasteiger partial charge in [-0.05, 0) is 49.7 Å². The second-order valence-corrected chi connectivity index (χ2v) is 7.89. The minimum absolute atomic E-state index is 0.0367. The first kappa shape index (κ1) is 24.6. The summed E-state index contributed by atoms with van der Waals surface area (Å²) in [5.74, 6) is -3.65. The van der Waals surface area contributed by atoms with Gasteiger partial charge in [-0.15, -0.1) is 0 Å². The van der Waals surface area contributed by atoms with Crippen LogP contribution < -0.4 is 10.1 Å². The summed E-state index contributed by atoms with van der Waals surface area (Å²) in [5.41, 5.74) is 2.56. The zero-order valence-corrected chi connectivity index (χ0v) is 19.8. The first-order chi connectivity index (χ1) is 17.3. The molecule has 7 nitrogen and oxygen atoms in total. The Morgan fingerprint density at radius 2 is 1.72 bits per heavy atom. The van der Waals surface area contributed by atoms with Crippen LogP contribution in [0.15, 0.2) is 66.7 Å². The number of amides is 1. The van der Waals surface area contributed by atoms with Crippen molar-refractivity contribution in [2.75, 3.05) is 19.0 Å². The highest BCUT2D eigenvalue weighted by Crippen LogP contribution is 2.28. The van der Waals surface area contributed by atoms with E-state index in [0.29, 0.717) is 16.9 Å². The molecule has 1 amide bonds. The molecule has 0 radical (unpaired) electrons. The Balaban J connectivity index is 1.72. The number of anilines is 1. The molecule has 0 bridgehead atoms. The van der Waals surface area contributed by atoms with Gasteiger partial charge in [0.2, 0.25) is 0 Å². The van der Waals surface area contributed by atoms with Crippen molar-refractivity contribution in [1.29, 1.82) is 0 Å². The van der Waals surface area contributed by atoms with Gasteiger partial charge in [0.15, 0.2) is 5.69 Å². The maximum absolute atomic E-state index is 14.4. The molecule has 0 aliphatic rings. The van der Waals surface area contributed by atoms with Crippen molar-refractivity contribution in [1.82, 2.24) is 9.78 Å². The molecule has 9 heteroatoms. The van der Waals surface area contributed by atoms with Crippen molar-refractivity contribution in [3.8, 4) is 22.7 Å². The first-order valence-electron chi connectivity index (χ1n) is 11.1. The molecule has 0 unspecified atom stereocenters. The van der Waals surface area contributed by atoms with Gasteiger partial charge in [0.1, 0.15) is 22.9 Å². The van der Waals surface area contributed by atoms with Crippen LogP contribution in [-0.4, -0.2) is 35.4 Å². The number of ether oxygens (including phenoxy) is 2. The fraction of sp³-hybridized carbons (Fsp3) is 0.148. The summed E-state index contributed by atoms with van der Waals surface area (Å²) in [7, 11) is 1.27. The molecule has 0 fully saturated rings. The molecule has 3 aromatic carbocycles. The molecule has 1 aromatic heterocycles. The van der Waals surface area contributed by atoms with E-state index >= 15 is 0 Å². The van der Waals surface area contributed by atoms with Crippen molar-refractivity contribution >= 4 is 17.6 Å². The zero-order valence-electron chi connectivity index (χ0n) is 19.8. The molecular formula is C27H23F2N3O4. The topological polar surface area (TPSA) is 82.5 Å². The summed E-state index contributed by atoms with van der Waals surface area (Å²) < 4.78 is 40.3. The van der Waals surface area contributed by atoms with E-state index in [-0.39, 0.29) is 18.1 Å². The van der Waals surface area contributed by atoms with Crippen molar-refractivity contribution in [3.63, 3.8) is 0 Å². The molecule has 1 heterocycles. The molecular weight excluding hydrogens is 468 g/mol. The summed E-state index contributed by atoms with van der Waals surface area (Å²) in [6, 6.07) is 17.7. The lowest BCUT2D eigenvalue weighted by atomic mass is 10.1. The number of aromatic nitrogens is 2. The van der Waals surface area contributed by atoms with Gasteiger partial charge in [0.05, 0.1) is 25.1 Å². The Kier molecular flexibility index (Phi) is 7.10. The minimum Gasteiger partial charge on any atom is -0.497 e. The van der Waals surface area contributed by atoms with Crippen LogP contribution in [-0.2, 0) is 4.74 Å². The van der Waals surface area contributed by atoms with Gasteiger partial charge in [-0.1, -0.05) is 24.3 Å². The van der Waals surface area contributed by atoms with Crippen LogP contribution in [0.1, 0.15) is 33.3 Å². The van der Waals surface area contributed by atoms with Crippen molar-refractivity contribution in [2.24, 2.45) is 0 Å². The van der Waals surface area contributed by atoms with Crippen LogP contribution in [0.3, 0.4) is 0 Å². The second kappa shape index (κ2) is 10.4. The lowest BCUT2D eigenvalue weighted by molar-refractivity contribution is 0.0518. The predicted octanol–water partition coefficient (Wildman–Crippen LogP) is 5.56. The monoisotopic (exact) mass is 491 g/mol. The Bertz CT molecular complexity index is 1430.